The first-order chi connectivity index (χ1) is 18.4. The van der Waals surface area contributed by atoms with Gasteiger partial charge < -0.3 is 15.3 Å². The minimum absolute atomic E-state index is 0.0410. The van der Waals surface area contributed by atoms with Crippen LogP contribution in [0, 0.1) is 20.8 Å². The summed E-state index contributed by atoms with van der Waals surface area (Å²) in [5.41, 5.74) is 6.32. The average molecular weight is 511 g/mol. The number of rotatable bonds is 6. The molecule has 1 saturated heterocycles. The van der Waals surface area contributed by atoms with E-state index in [4.69, 9.17) is 0 Å². The van der Waals surface area contributed by atoms with Crippen LogP contribution in [0.1, 0.15) is 28.1 Å². The lowest BCUT2D eigenvalue weighted by atomic mass is 10.0. The van der Waals surface area contributed by atoms with Gasteiger partial charge in [-0.2, -0.15) is 0 Å². The third-order valence-electron chi connectivity index (χ3n) is 7.06. The van der Waals surface area contributed by atoms with Crippen LogP contribution < -0.4 is 5.32 Å². The fourth-order valence-corrected chi connectivity index (χ4v) is 5.05. The van der Waals surface area contributed by atoms with Crippen molar-refractivity contribution in [3.05, 3.63) is 94.8 Å². The smallest absolute Gasteiger partial charge is 0.317 e. The van der Waals surface area contributed by atoms with Gasteiger partial charge in [0, 0.05) is 50.5 Å². The Morgan fingerprint density at radius 1 is 0.921 bits per heavy atom. The number of carbonyl (C=O) groups excluding carboxylic acids is 1. The number of aromatic hydroxyl groups is 1. The molecular weight excluding hydrogens is 476 g/mol. The largest absolute Gasteiger partial charge is 0.508 e. The highest BCUT2D eigenvalue weighted by molar-refractivity contribution is 5.74. The van der Waals surface area contributed by atoms with Crippen molar-refractivity contribution in [2.75, 3.05) is 26.2 Å². The molecule has 2 amide bonds. The molecular formula is C30H34N6O2. The van der Waals surface area contributed by atoms with Crippen LogP contribution >= 0.6 is 0 Å². The normalized spacial score (nSPS) is 14.0. The van der Waals surface area contributed by atoms with Crippen LogP contribution in [-0.2, 0) is 13.1 Å². The Balaban J connectivity index is 1.17. The Morgan fingerprint density at radius 3 is 2.39 bits per heavy atom. The third-order valence-corrected chi connectivity index (χ3v) is 7.06. The van der Waals surface area contributed by atoms with Gasteiger partial charge in [0.1, 0.15) is 11.6 Å². The van der Waals surface area contributed by atoms with E-state index in [0.29, 0.717) is 25.4 Å². The lowest BCUT2D eigenvalue weighted by molar-refractivity contribution is 0.135. The van der Waals surface area contributed by atoms with Gasteiger partial charge in [0.25, 0.3) is 0 Å². The number of benzene rings is 3. The standard InChI is InChI=1S/C30H34N6O2/c1-21-15-24(18-28(37)16-21)20-34-11-13-35(14-12-34)30(38)31-19-26-10-9-25(17-22(26)2)29-33-32-23(3)36(29)27-7-5-4-6-8-27/h4-10,15-18,37H,11-14,19-20H2,1-3H3,(H,31,38). The second kappa shape index (κ2) is 11.1. The van der Waals surface area contributed by atoms with Gasteiger partial charge in [-0.1, -0.05) is 36.4 Å². The van der Waals surface area contributed by atoms with Gasteiger partial charge in [-0.05, 0) is 73.4 Å². The van der Waals surface area contributed by atoms with Crippen molar-refractivity contribution < 1.29 is 9.90 Å². The fraction of sp³-hybridized carbons (Fsp3) is 0.300. The second-order valence-corrected chi connectivity index (χ2v) is 9.98. The number of phenolic OH excluding ortho intramolecular Hbond substituents is 1. The highest BCUT2D eigenvalue weighted by atomic mass is 16.3. The number of hydrogen-bond donors (Lipinski definition) is 2. The second-order valence-electron chi connectivity index (χ2n) is 9.98. The van der Waals surface area contributed by atoms with Crippen molar-refractivity contribution in [1.29, 1.82) is 0 Å². The number of phenols is 1. The maximum absolute atomic E-state index is 12.9. The predicted octanol–water partition coefficient (Wildman–Crippen LogP) is 4.59. The van der Waals surface area contributed by atoms with Crippen LogP contribution in [0.15, 0.2) is 66.7 Å². The Kier molecular flexibility index (Phi) is 7.42. The van der Waals surface area contributed by atoms with E-state index in [1.165, 1.54) is 0 Å². The van der Waals surface area contributed by atoms with Crippen LogP contribution in [0.4, 0.5) is 4.79 Å². The molecule has 1 fully saturated rings. The molecule has 0 atom stereocenters. The minimum atomic E-state index is -0.0410. The van der Waals surface area contributed by atoms with Gasteiger partial charge in [0.05, 0.1) is 0 Å². The first-order valence-electron chi connectivity index (χ1n) is 13.0. The molecule has 4 aromatic rings. The van der Waals surface area contributed by atoms with Gasteiger partial charge in [-0.15, -0.1) is 10.2 Å². The van der Waals surface area contributed by atoms with E-state index >= 15 is 0 Å². The topological polar surface area (TPSA) is 86.5 Å². The van der Waals surface area contributed by atoms with E-state index in [1.54, 1.807) is 6.07 Å². The number of nitrogens with one attached hydrogen (secondary N) is 1. The van der Waals surface area contributed by atoms with E-state index in [-0.39, 0.29) is 6.03 Å². The molecule has 0 bridgehead atoms. The molecule has 0 unspecified atom stereocenters. The number of piperazine rings is 1. The molecule has 8 nitrogen and oxygen atoms in total. The summed E-state index contributed by atoms with van der Waals surface area (Å²) in [5.74, 6) is 1.93. The summed E-state index contributed by atoms with van der Waals surface area (Å²) in [6.45, 7) is 10.2. The summed E-state index contributed by atoms with van der Waals surface area (Å²) in [5, 5.41) is 21.7. The van der Waals surface area contributed by atoms with Gasteiger partial charge in [-0.3, -0.25) is 9.47 Å². The zero-order chi connectivity index (χ0) is 26.6. The van der Waals surface area contributed by atoms with Crippen molar-refractivity contribution in [2.45, 2.75) is 33.9 Å². The molecule has 2 heterocycles. The number of aromatic nitrogens is 3. The molecule has 1 aromatic heterocycles. The quantitative estimate of drug-likeness (QED) is 0.396. The zero-order valence-corrected chi connectivity index (χ0v) is 22.2. The lowest BCUT2D eigenvalue weighted by Crippen LogP contribution is -2.51. The molecule has 8 heteroatoms. The molecule has 196 valence electrons. The summed E-state index contributed by atoms with van der Waals surface area (Å²) < 4.78 is 2.05. The Bertz CT molecular complexity index is 1400. The monoisotopic (exact) mass is 510 g/mol. The third kappa shape index (κ3) is 5.70. The minimum Gasteiger partial charge on any atom is -0.508 e. The number of hydrogen-bond acceptors (Lipinski definition) is 5. The zero-order valence-electron chi connectivity index (χ0n) is 22.2. The number of amides is 2. The average Bonchev–Trinajstić information content (AvgIpc) is 3.29. The molecule has 0 aliphatic carbocycles. The summed E-state index contributed by atoms with van der Waals surface area (Å²) >= 11 is 0. The summed E-state index contributed by atoms with van der Waals surface area (Å²) in [6.07, 6.45) is 0. The van der Waals surface area contributed by atoms with Crippen molar-refractivity contribution in [3.63, 3.8) is 0 Å². The summed E-state index contributed by atoms with van der Waals surface area (Å²) in [6, 6.07) is 21.9. The van der Waals surface area contributed by atoms with Gasteiger partial charge in [0.15, 0.2) is 5.82 Å². The summed E-state index contributed by atoms with van der Waals surface area (Å²) in [7, 11) is 0. The molecule has 1 aliphatic heterocycles. The van der Waals surface area contributed by atoms with E-state index in [0.717, 1.165) is 64.8 Å². The molecule has 2 N–H and O–H groups in total. The number of carbonyl (C=O) groups is 1. The molecule has 0 radical (unpaired) electrons. The van der Waals surface area contributed by atoms with Crippen molar-refractivity contribution in [2.24, 2.45) is 0 Å². The van der Waals surface area contributed by atoms with E-state index < -0.39 is 0 Å². The first kappa shape index (κ1) is 25.5. The van der Waals surface area contributed by atoms with Crippen LogP contribution in [0.3, 0.4) is 0 Å². The molecule has 0 saturated carbocycles. The Labute approximate surface area is 223 Å². The van der Waals surface area contributed by atoms with E-state index in [2.05, 4.69) is 50.1 Å². The van der Waals surface area contributed by atoms with Crippen LogP contribution in [-0.4, -0.2) is 61.9 Å². The van der Waals surface area contributed by atoms with Crippen molar-refractivity contribution >= 4 is 6.03 Å². The van der Waals surface area contributed by atoms with Crippen LogP contribution in [0.2, 0.25) is 0 Å². The molecule has 5 rings (SSSR count). The van der Waals surface area contributed by atoms with Crippen molar-refractivity contribution in [3.8, 4) is 22.8 Å². The van der Waals surface area contributed by atoms with E-state index in [9.17, 15) is 9.90 Å². The molecule has 1 aliphatic rings. The maximum Gasteiger partial charge on any atom is 0.317 e. The Hall–Kier alpha value is -4.17. The lowest BCUT2D eigenvalue weighted by Gasteiger charge is -2.34. The molecule has 3 aromatic carbocycles. The van der Waals surface area contributed by atoms with Gasteiger partial charge in [0.2, 0.25) is 0 Å². The van der Waals surface area contributed by atoms with E-state index in [1.807, 2.05) is 61.2 Å². The first-order valence-corrected chi connectivity index (χ1v) is 13.0. The maximum atomic E-state index is 12.9. The van der Waals surface area contributed by atoms with Crippen LogP contribution in [0.5, 0.6) is 5.75 Å². The van der Waals surface area contributed by atoms with Crippen LogP contribution in [0.25, 0.3) is 17.1 Å². The number of nitrogens with zero attached hydrogens (tertiary/aromatic N) is 5. The van der Waals surface area contributed by atoms with Gasteiger partial charge in [-0.25, -0.2) is 4.79 Å². The number of para-hydroxylation sites is 1. The molecule has 38 heavy (non-hydrogen) atoms. The number of urea groups is 1. The Morgan fingerprint density at radius 2 is 1.68 bits per heavy atom. The fourth-order valence-electron chi connectivity index (χ4n) is 5.05. The predicted molar refractivity (Wildman–Crippen MR) is 148 cm³/mol. The van der Waals surface area contributed by atoms with Crippen molar-refractivity contribution in [1.82, 2.24) is 29.9 Å². The molecule has 0 spiro atoms. The summed E-state index contributed by atoms with van der Waals surface area (Å²) in [4.78, 5) is 17.1. The highest BCUT2D eigenvalue weighted by Gasteiger charge is 2.21. The number of aryl methyl sites for hydroxylation is 3. The van der Waals surface area contributed by atoms with Gasteiger partial charge >= 0.3 is 6.03 Å². The highest BCUT2D eigenvalue weighted by Crippen LogP contribution is 2.25. The SMILES string of the molecule is Cc1cc(O)cc(CN2CCN(C(=O)NCc3ccc(-c4nnc(C)n4-c4ccccc4)cc3C)CC2)c1.